The van der Waals surface area contributed by atoms with Gasteiger partial charge < -0.3 is 9.47 Å². The third-order valence-corrected chi connectivity index (χ3v) is 5.41. The van der Waals surface area contributed by atoms with E-state index in [-0.39, 0.29) is 5.91 Å². The van der Waals surface area contributed by atoms with E-state index in [1.165, 1.54) is 5.69 Å². The summed E-state index contributed by atoms with van der Waals surface area (Å²) in [4.78, 5) is 23.7. The van der Waals surface area contributed by atoms with Gasteiger partial charge in [0.2, 0.25) is 0 Å². The zero-order valence-corrected chi connectivity index (χ0v) is 15.4. The molecule has 4 rings (SSSR count). The maximum atomic E-state index is 12.8. The van der Waals surface area contributed by atoms with Crippen molar-refractivity contribution in [1.29, 1.82) is 0 Å². The number of amides is 1. The molecule has 26 heavy (non-hydrogen) atoms. The molecule has 1 amide bonds. The van der Waals surface area contributed by atoms with Crippen molar-refractivity contribution in [2.24, 2.45) is 5.92 Å². The quantitative estimate of drug-likeness (QED) is 0.727. The van der Waals surface area contributed by atoms with E-state index in [0.29, 0.717) is 11.6 Å². The topological polar surface area (TPSA) is 51.0 Å². The number of carbonyl (C=O) groups is 1. The van der Waals surface area contributed by atoms with Gasteiger partial charge in [-0.2, -0.15) is 0 Å². The summed E-state index contributed by atoms with van der Waals surface area (Å²) in [5.41, 5.74) is 2.63. The number of rotatable bonds is 3. The number of piperidine rings is 1. The summed E-state index contributed by atoms with van der Waals surface area (Å²) in [7, 11) is 0. The summed E-state index contributed by atoms with van der Waals surface area (Å²) in [6.07, 6.45) is 3.98. The lowest BCUT2D eigenvalue weighted by atomic mass is 9.96. The summed E-state index contributed by atoms with van der Waals surface area (Å²) in [5.74, 6) is 1.71. The van der Waals surface area contributed by atoms with Crippen LogP contribution in [-0.4, -0.2) is 38.4 Å². The van der Waals surface area contributed by atoms with Gasteiger partial charge in [-0.15, -0.1) is 0 Å². The molecule has 5 nitrogen and oxygen atoms in total. The lowest BCUT2D eigenvalue weighted by Gasteiger charge is -2.32. The molecule has 0 N–H and O–H groups in total. The number of aryl methyl sites for hydroxylation is 2. The lowest BCUT2D eigenvalue weighted by Crippen LogP contribution is -2.39. The molecule has 0 bridgehead atoms. The minimum atomic E-state index is 0.0456. The predicted octanol–water partition coefficient (Wildman–Crippen LogP) is 3.60. The van der Waals surface area contributed by atoms with Gasteiger partial charge in [0.25, 0.3) is 5.91 Å². The normalized spacial score (nSPS) is 15.5. The van der Waals surface area contributed by atoms with Crippen molar-refractivity contribution in [2.45, 2.75) is 33.2 Å². The number of aromatic nitrogens is 3. The predicted molar refractivity (Wildman–Crippen MR) is 102 cm³/mol. The van der Waals surface area contributed by atoms with Gasteiger partial charge in [0.1, 0.15) is 11.5 Å². The molecule has 0 aliphatic carbocycles. The maximum Gasteiger partial charge on any atom is 0.272 e. The second-order valence-corrected chi connectivity index (χ2v) is 7.18. The first kappa shape index (κ1) is 16.8. The van der Waals surface area contributed by atoms with Gasteiger partial charge in [0.15, 0.2) is 0 Å². The van der Waals surface area contributed by atoms with Gasteiger partial charge in [-0.25, -0.2) is 9.97 Å². The Labute approximate surface area is 153 Å². The Morgan fingerprint density at radius 1 is 1.12 bits per heavy atom. The molecule has 0 spiro atoms. The Hall–Kier alpha value is -2.69. The van der Waals surface area contributed by atoms with E-state index < -0.39 is 0 Å². The van der Waals surface area contributed by atoms with Crippen molar-refractivity contribution < 1.29 is 4.79 Å². The van der Waals surface area contributed by atoms with Crippen LogP contribution in [0.2, 0.25) is 0 Å². The van der Waals surface area contributed by atoms with Crippen LogP contribution in [0.25, 0.3) is 10.9 Å². The average molecular weight is 348 g/mol. The highest BCUT2D eigenvalue weighted by atomic mass is 16.2. The van der Waals surface area contributed by atoms with Crippen molar-refractivity contribution >= 4 is 16.8 Å². The number of hydrogen-bond acceptors (Lipinski definition) is 3. The maximum absolute atomic E-state index is 12.8. The van der Waals surface area contributed by atoms with Crippen LogP contribution in [0.4, 0.5) is 0 Å². The molecule has 1 aromatic carbocycles. The molecule has 0 radical (unpaired) electrons. The highest BCUT2D eigenvalue weighted by Crippen LogP contribution is 2.22. The molecule has 5 heteroatoms. The summed E-state index contributed by atoms with van der Waals surface area (Å²) in [6, 6.07) is 11.7. The molecule has 1 aliphatic heterocycles. The number of para-hydroxylation sites is 1. The second kappa shape index (κ2) is 6.90. The van der Waals surface area contributed by atoms with Crippen LogP contribution in [0, 0.1) is 19.8 Å². The number of hydrogen-bond donors (Lipinski definition) is 0. The first-order valence-electron chi connectivity index (χ1n) is 9.25. The molecular formula is C21H24N4O. The van der Waals surface area contributed by atoms with Crippen molar-refractivity contribution in [3.63, 3.8) is 0 Å². The van der Waals surface area contributed by atoms with Gasteiger partial charge in [-0.05, 0) is 44.7 Å². The lowest BCUT2D eigenvalue weighted by molar-refractivity contribution is 0.0676. The van der Waals surface area contributed by atoms with Crippen molar-refractivity contribution in [3.8, 4) is 0 Å². The van der Waals surface area contributed by atoms with Gasteiger partial charge >= 0.3 is 0 Å². The smallest absolute Gasteiger partial charge is 0.272 e. The van der Waals surface area contributed by atoms with E-state index in [1.54, 1.807) is 0 Å². The highest BCUT2D eigenvalue weighted by molar-refractivity contribution is 5.94. The van der Waals surface area contributed by atoms with Gasteiger partial charge in [-0.3, -0.25) is 4.79 Å². The molecule has 0 saturated carbocycles. The van der Waals surface area contributed by atoms with Crippen LogP contribution < -0.4 is 0 Å². The summed E-state index contributed by atoms with van der Waals surface area (Å²) < 4.78 is 2.28. The fourth-order valence-electron chi connectivity index (χ4n) is 3.78. The zero-order valence-electron chi connectivity index (χ0n) is 15.4. The number of pyridine rings is 1. The Morgan fingerprint density at radius 3 is 2.62 bits per heavy atom. The Morgan fingerprint density at radius 2 is 1.88 bits per heavy atom. The van der Waals surface area contributed by atoms with E-state index in [2.05, 4.69) is 28.4 Å². The molecule has 2 aromatic heterocycles. The molecular weight excluding hydrogens is 324 g/mol. The van der Waals surface area contributed by atoms with E-state index in [4.69, 9.17) is 0 Å². The average Bonchev–Trinajstić information content (AvgIpc) is 2.99. The minimum Gasteiger partial charge on any atom is -0.337 e. The van der Waals surface area contributed by atoms with Crippen molar-refractivity contribution in [3.05, 3.63) is 59.8 Å². The molecule has 1 saturated heterocycles. The zero-order chi connectivity index (χ0) is 18.1. The van der Waals surface area contributed by atoms with Gasteiger partial charge in [0.05, 0.1) is 5.52 Å². The number of imidazole rings is 1. The van der Waals surface area contributed by atoms with Crippen LogP contribution in [0.5, 0.6) is 0 Å². The molecule has 1 fully saturated rings. The van der Waals surface area contributed by atoms with Gasteiger partial charge in [0, 0.05) is 36.9 Å². The fraction of sp³-hybridized carbons (Fsp3) is 0.381. The second-order valence-electron chi connectivity index (χ2n) is 7.18. The van der Waals surface area contributed by atoms with Crippen molar-refractivity contribution in [1.82, 2.24) is 19.4 Å². The third kappa shape index (κ3) is 3.21. The fourth-order valence-corrected chi connectivity index (χ4v) is 3.78. The molecule has 3 aromatic rings. The highest BCUT2D eigenvalue weighted by Gasteiger charge is 2.25. The summed E-state index contributed by atoms with van der Waals surface area (Å²) in [6.45, 7) is 6.74. The summed E-state index contributed by atoms with van der Waals surface area (Å²) in [5, 5.41) is 1.06. The number of likely N-dealkylation sites (tertiary alicyclic amines) is 1. The number of benzene rings is 1. The summed E-state index contributed by atoms with van der Waals surface area (Å²) >= 11 is 0. The SMILES string of the molecule is Cc1cnc(C)n1CC1CCN(C(=O)c2ccc3ccccc3n2)CC1. The van der Waals surface area contributed by atoms with E-state index in [9.17, 15) is 4.79 Å². The largest absolute Gasteiger partial charge is 0.337 e. The van der Waals surface area contributed by atoms with E-state index in [1.807, 2.05) is 47.5 Å². The molecule has 3 heterocycles. The Balaban J connectivity index is 1.41. The first-order valence-corrected chi connectivity index (χ1v) is 9.25. The van der Waals surface area contributed by atoms with E-state index in [0.717, 1.165) is 49.2 Å². The number of fused-ring (bicyclic) bond motifs is 1. The monoisotopic (exact) mass is 348 g/mol. The number of nitrogens with zero attached hydrogens (tertiary/aromatic N) is 4. The molecule has 134 valence electrons. The van der Waals surface area contributed by atoms with Crippen LogP contribution in [-0.2, 0) is 6.54 Å². The molecule has 0 unspecified atom stereocenters. The molecule has 0 atom stereocenters. The van der Waals surface area contributed by atoms with Gasteiger partial charge in [-0.1, -0.05) is 24.3 Å². The Kier molecular flexibility index (Phi) is 4.45. The molecule has 1 aliphatic rings. The number of carbonyl (C=O) groups excluding carboxylic acids is 1. The minimum absolute atomic E-state index is 0.0456. The third-order valence-electron chi connectivity index (χ3n) is 5.41. The van der Waals surface area contributed by atoms with Crippen LogP contribution in [0.15, 0.2) is 42.6 Å². The van der Waals surface area contributed by atoms with Crippen LogP contribution in [0.1, 0.15) is 34.8 Å². The van der Waals surface area contributed by atoms with Crippen LogP contribution in [0.3, 0.4) is 0 Å². The van der Waals surface area contributed by atoms with Crippen molar-refractivity contribution in [2.75, 3.05) is 13.1 Å². The van der Waals surface area contributed by atoms with E-state index >= 15 is 0 Å². The first-order chi connectivity index (χ1) is 12.6. The van der Waals surface area contributed by atoms with Crippen LogP contribution >= 0.6 is 0 Å². The standard InChI is InChI=1S/C21H24N4O/c1-15-13-22-16(2)25(15)14-17-9-11-24(12-10-17)21(26)20-8-7-18-5-3-4-6-19(18)23-20/h3-8,13,17H,9-12,14H2,1-2H3. The Bertz CT molecular complexity index is 919.